The molecule has 16 heavy (non-hydrogen) atoms. The van der Waals surface area contributed by atoms with Crippen LogP contribution in [0.25, 0.3) is 0 Å². The van der Waals surface area contributed by atoms with E-state index >= 15 is 0 Å². The number of hydrogen-bond donors (Lipinski definition) is 2. The number of benzene rings is 1. The van der Waals surface area contributed by atoms with Gasteiger partial charge >= 0.3 is 5.97 Å². The third-order valence-corrected chi connectivity index (χ3v) is 2.08. The SMILES string of the molecule is CC(Oc1ccc(CCN)cc1F)C(=O)O. The Morgan fingerprint density at radius 1 is 1.62 bits per heavy atom. The van der Waals surface area contributed by atoms with E-state index < -0.39 is 17.9 Å². The first-order valence-corrected chi connectivity index (χ1v) is 4.92. The van der Waals surface area contributed by atoms with Gasteiger partial charge < -0.3 is 15.6 Å². The van der Waals surface area contributed by atoms with Gasteiger partial charge in [-0.3, -0.25) is 0 Å². The first kappa shape index (κ1) is 12.4. The van der Waals surface area contributed by atoms with Gasteiger partial charge in [0.05, 0.1) is 0 Å². The predicted octanol–water partition coefficient (Wildman–Crippen LogP) is 1.18. The summed E-state index contributed by atoms with van der Waals surface area (Å²) in [4.78, 5) is 10.5. The number of rotatable bonds is 5. The van der Waals surface area contributed by atoms with Crippen LogP contribution in [-0.2, 0) is 11.2 Å². The molecule has 0 aromatic heterocycles. The molecule has 1 aromatic carbocycles. The number of halogens is 1. The number of nitrogens with two attached hydrogens (primary N) is 1. The summed E-state index contributed by atoms with van der Waals surface area (Å²) in [6.45, 7) is 1.78. The van der Waals surface area contributed by atoms with E-state index in [0.29, 0.717) is 13.0 Å². The summed E-state index contributed by atoms with van der Waals surface area (Å²) in [6, 6.07) is 4.39. The van der Waals surface area contributed by atoms with Gasteiger partial charge in [-0.2, -0.15) is 0 Å². The summed E-state index contributed by atoms with van der Waals surface area (Å²) >= 11 is 0. The maximum absolute atomic E-state index is 13.4. The Kier molecular flexibility index (Phi) is 4.25. The van der Waals surface area contributed by atoms with Crippen LogP contribution in [-0.4, -0.2) is 23.7 Å². The van der Waals surface area contributed by atoms with Crippen molar-refractivity contribution in [2.24, 2.45) is 5.73 Å². The standard InChI is InChI=1S/C11H14FNO3/c1-7(11(14)15)16-10-3-2-8(4-5-13)6-9(10)12/h2-3,6-7H,4-5,13H2,1H3,(H,14,15). The van der Waals surface area contributed by atoms with E-state index in [4.69, 9.17) is 15.6 Å². The van der Waals surface area contributed by atoms with Crippen molar-refractivity contribution >= 4 is 5.97 Å². The Hall–Kier alpha value is -1.62. The quantitative estimate of drug-likeness (QED) is 0.792. The summed E-state index contributed by atoms with van der Waals surface area (Å²) in [5, 5.41) is 8.61. The number of hydrogen-bond acceptors (Lipinski definition) is 3. The summed E-state index contributed by atoms with van der Waals surface area (Å²) < 4.78 is 18.4. The molecule has 1 unspecified atom stereocenters. The summed E-state index contributed by atoms with van der Waals surface area (Å²) in [6.07, 6.45) is -0.499. The largest absolute Gasteiger partial charge is 0.479 e. The molecule has 0 bridgehead atoms. The minimum Gasteiger partial charge on any atom is -0.479 e. The van der Waals surface area contributed by atoms with E-state index in [1.165, 1.54) is 19.1 Å². The van der Waals surface area contributed by atoms with Gasteiger partial charge in [0.1, 0.15) is 0 Å². The fraction of sp³-hybridized carbons (Fsp3) is 0.364. The second-order valence-corrected chi connectivity index (χ2v) is 3.40. The molecule has 0 saturated carbocycles. The Morgan fingerprint density at radius 3 is 2.81 bits per heavy atom. The van der Waals surface area contributed by atoms with Crippen LogP contribution in [0.5, 0.6) is 5.75 Å². The predicted molar refractivity (Wildman–Crippen MR) is 56.9 cm³/mol. The lowest BCUT2D eigenvalue weighted by Gasteiger charge is -2.11. The number of carboxylic acid groups (broad SMARTS) is 1. The molecule has 0 amide bonds. The van der Waals surface area contributed by atoms with Gasteiger partial charge in [-0.05, 0) is 37.6 Å². The van der Waals surface area contributed by atoms with Gasteiger partial charge in [-0.25, -0.2) is 9.18 Å². The van der Waals surface area contributed by atoms with E-state index in [2.05, 4.69) is 0 Å². The first-order valence-electron chi connectivity index (χ1n) is 4.92. The van der Waals surface area contributed by atoms with Gasteiger partial charge in [-0.15, -0.1) is 0 Å². The molecule has 0 fully saturated rings. The van der Waals surface area contributed by atoms with Crippen LogP contribution in [0.4, 0.5) is 4.39 Å². The molecule has 1 rings (SSSR count). The lowest BCUT2D eigenvalue weighted by Crippen LogP contribution is -2.23. The van der Waals surface area contributed by atoms with E-state index in [1.54, 1.807) is 6.07 Å². The smallest absolute Gasteiger partial charge is 0.344 e. The molecule has 0 aliphatic heterocycles. The highest BCUT2D eigenvalue weighted by molar-refractivity contribution is 5.72. The van der Waals surface area contributed by atoms with E-state index in [1.807, 2.05) is 0 Å². The Bertz CT molecular complexity index is 381. The molecule has 0 aliphatic carbocycles. The molecular formula is C11H14FNO3. The van der Waals surface area contributed by atoms with Gasteiger partial charge in [0, 0.05) is 0 Å². The van der Waals surface area contributed by atoms with Crippen molar-refractivity contribution in [2.75, 3.05) is 6.54 Å². The third kappa shape index (κ3) is 3.20. The average molecular weight is 227 g/mol. The lowest BCUT2D eigenvalue weighted by atomic mass is 10.1. The second kappa shape index (κ2) is 5.46. The first-order chi connectivity index (χ1) is 7.54. The second-order valence-electron chi connectivity index (χ2n) is 3.40. The maximum atomic E-state index is 13.4. The maximum Gasteiger partial charge on any atom is 0.344 e. The summed E-state index contributed by atoms with van der Waals surface area (Å²) in [5.74, 6) is -1.76. The van der Waals surface area contributed by atoms with Crippen LogP contribution in [0.1, 0.15) is 12.5 Å². The van der Waals surface area contributed by atoms with Gasteiger partial charge in [-0.1, -0.05) is 6.07 Å². The molecule has 5 heteroatoms. The van der Waals surface area contributed by atoms with Crippen LogP contribution in [0.15, 0.2) is 18.2 Å². The fourth-order valence-corrected chi connectivity index (χ4v) is 1.20. The summed E-state index contributed by atoms with van der Waals surface area (Å²) in [7, 11) is 0. The zero-order valence-electron chi connectivity index (χ0n) is 8.94. The molecule has 0 aliphatic rings. The van der Waals surface area contributed by atoms with Gasteiger partial charge in [0.25, 0.3) is 0 Å². The fourth-order valence-electron chi connectivity index (χ4n) is 1.20. The molecule has 1 aromatic rings. The normalized spacial score (nSPS) is 12.2. The van der Waals surface area contributed by atoms with Crippen molar-refractivity contribution in [1.82, 2.24) is 0 Å². The highest BCUT2D eigenvalue weighted by Gasteiger charge is 2.14. The van der Waals surface area contributed by atoms with Crippen LogP contribution < -0.4 is 10.5 Å². The Morgan fingerprint density at radius 2 is 2.31 bits per heavy atom. The number of carboxylic acids is 1. The number of aliphatic carboxylic acids is 1. The zero-order chi connectivity index (χ0) is 12.1. The van der Waals surface area contributed by atoms with Crippen LogP contribution in [0, 0.1) is 5.82 Å². The van der Waals surface area contributed by atoms with E-state index in [-0.39, 0.29) is 5.75 Å². The summed E-state index contributed by atoms with van der Waals surface area (Å²) in [5.41, 5.74) is 6.10. The molecule has 88 valence electrons. The monoisotopic (exact) mass is 227 g/mol. The highest BCUT2D eigenvalue weighted by atomic mass is 19.1. The van der Waals surface area contributed by atoms with E-state index in [9.17, 15) is 9.18 Å². The van der Waals surface area contributed by atoms with Crippen molar-refractivity contribution in [3.05, 3.63) is 29.6 Å². The van der Waals surface area contributed by atoms with Gasteiger partial charge in [0.2, 0.25) is 0 Å². The molecule has 0 saturated heterocycles. The molecule has 0 heterocycles. The van der Waals surface area contributed by atoms with E-state index in [0.717, 1.165) is 5.56 Å². The van der Waals surface area contributed by atoms with Crippen LogP contribution >= 0.6 is 0 Å². The van der Waals surface area contributed by atoms with Crippen molar-refractivity contribution < 1.29 is 19.0 Å². The third-order valence-electron chi connectivity index (χ3n) is 2.08. The highest BCUT2D eigenvalue weighted by Crippen LogP contribution is 2.19. The molecule has 3 N–H and O–H groups in total. The molecule has 0 radical (unpaired) electrons. The average Bonchev–Trinajstić information content (AvgIpc) is 2.22. The minimum atomic E-state index is -1.13. The number of carbonyl (C=O) groups is 1. The number of ether oxygens (including phenoxy) is 1. The molecular weight excluding hydrogens is 213 g/mol. The zero-order valence-corrected chi connectivity index (χ0v) is 8.94. The topological polar surface area (TPSA) is 72.5 Å². The Balaban J connectivity index is 2.78. The van der Waals surface area contributed by atoms with Crippen molar-refractivity contribution in [3.8, 4) is 5.75 Å². The van der Waals surface area contributed by atoms with Crippen molar-refractivity contribution in [3.63, 3.8) is 0 Å². The minimum absolute atomic E-state index is 0.0596. The van der Waals surface area contributed by atoms with Gasteiger partial charge in [0.15, 0.2) is 17.7 Å². The molecule has 0 spiro atoms. The van der Waals surface area contributed by atoms with Crippen LogP contribution in [0.3, 0.4) is 0 Å². The van der Waals surface area contributed by atoms with Crippen LogP contribution in [0.2, 0.25) is 0 Å². The van der Waals surface area contributed by atoms with Crippen molar-refractivity contribution in [1.29, 1.82) is 0 Å². The lowest BCUT2D eigenvalue weighted by molar-refractivity contribution is -0.144. The molecule has 4 nitrogen and oxygen atoms in total. The Labute approximate surface area is 92.8 Å². The molecule has 1 atom stereocenters. The van der Waals surface area contributed by atoms with Crippen molar-refractivity contribution in [2.45, 2.75) is 19.4 Å².